The zero-order chi connectivity index (χ0) is 45.1. The molecule has 2 aliphatic rings. The van der Waals surface area contributed by atoms with Crippen LogP contribution in [0.4, 0.5) is 35.4 Å². The van der Waals surface area contributed by atoms with E-state index in [0.29, 0.717) is 44.9 Å². The Balaban J connectivity index is 0.948. The van der Waals surface area contributed by atoms with Crippen LogP contribution in [-0.2, 0) is 26.4 Å². The molecule has 0 bridgehead atoms. The summed E-state index contributed by atoms with van der Waals surface area (Å²) in [6, 6.07) is 18.5. The number of aromatic nitrogens is 3. The second-order valence-corrected chi connectivity index (χ2v) is 17.5. The number of nitrogens with one attached hydrogen (secondary N) is 3. The maximum atomic E-state index is 15.0. The molecule has 0 aliphatic carbocycles. The third kappa shape index (κ3) is 12.7. The highest BCUT2D eigenvalue weighted by Crippen LogP contribution is 2.42. The summed E-state index contributed by atoms with van der Waals surface area (Å²) in [6.45, 7) is 16.3. The predicted molar refractivity (Wildman–Crippen MR) is 238 cm³/mol. The molecule has 3 N–H and O–H groups in total. The Morgan fingerprint density at radius 3 is 2.25 bits per heavy atom. The van der Waals surface area contributed by atoms with Crippen molar-refractivity contribution in [3.8, 4) is 5.75 Å². The van der Waals surface area contributed by atoms with E-state index in [4.69, 9.17) is 24.4 Å². The SMILES string of the molecule is CC(C)C(NC(=O)N(C=N)c1ccc(N2CCN(c3ccc(OCC4COC(Cn5cncn5)(c5ccc(F)cc5F)C4)cc3)CC2)cc1)C(C)OCCCNC(=O)OC(C)(C)C. The van der Waals surface area contributed by atoms with Gasteiger partial charge in [0.2, 0.25) is 0 Å². The number of carbonyl (C=O) groups is 2. The summed E-state index contributed by atoms with van der Waals surface area (Å²) in [4.78, 5) is 35.3. The van der Waals surface area contributed by atoms with Crippen LogP contribution >= 0.6 is 0 Å². The molecule has 2 saturated heterocycles. The Bertz CT molecular complexity index is 2090. The van der Waals surface area contributed by atoms with Gasteiger partial charge in [0.15, 0.2) is 0 Å². The number of carbonyl (C=O) groups excluding carboxylic acids is 2. The van der Waals surface area contributed by atoms with Gasteiger partial charge in [-0.25, -0.2) is 28.0 Å². The maximum absolute atomic E-state index is 15.0. The molecular weight excluding hydrogens is 813 g/mol. The van der Waals surface area contributed by atoms with E-state index in [1.54, 1.807) is 11.0 Å². The fourth-order valence-electron chi connectivity index (χ4n) is 8.04. The molecule has 3 aromatic carbocycles. The van der Waals surface area contributed by atoms with Crippen molar-refractivity contribution in [3.05, 3.63) is 96.6 Å². The molecule has 2 fully saturated rings. The third-order valence-electron chi connectivity index (χ3n) is 11.2. The molecule has 340 valence electrons. The summed E-state index contributed by atoms with van der Waals surface area (Å²) in [6.07, 6.45) is 4.24. The van der Waals surface area contributed by atoms with Gasteiger partial charge in [-0.3, -0.25) is 10.3 Å². The van der Waals surface area contributed by atoms with Crippen molar-refractivity contribution in [2.45, 2.75) is 84.3 Å². The van der Waals surface area contributed by atoms with Crippen LogP contribution in [-0.4, -0.2) is 104 Å². The van der Waals surface area contributed by atoms with Crippen molar-refractivity contribution in [3.63, 3.8) is 0 Å². The monoisotopic (exact) mass is 873 g/mol. The summed E-state index contributed by atoms with van der Waals surface area (Å²) in [7, 11) is 0. The van der Waals surface area contributed by atoms with E-state index in [-0.39, 0.29) is 36.1 Å². The summed E-state index contributed by atoms with van der Waals surface area (Å²) < 4.78 is 54.2. The van der Waals surface area contributed by atoms with Gasteiger partial charge in [0.05, 0.1) is 43.9 Å². The van der Waals surface area contributed by atoms with Crippen LogP contribution in [0.1, 0.15) is 59.9 Å². The first-order chi connectivity index (χ1) is 30.1. The molecule has 0 radical (unpaired) electrons. The number of ether oxygens (including phenoxy) is 4. The number of rotatable bonds is 18. The Hall–Kier alpha value is -5.81. The molecule has 1 aromatic heterocycles. The first-order valence-corrected chi connectivity index (χ1v) is 21.6. The molecule has 3 amide bonds. The number of nitrogens with zero attached hydrogens (tertiary/aromatic N) is 6. The fourth-order valence-corrected chi connectivity index (χ4v) is 8.04. The average Bonchev–Trinajstić information content (AvgIpc) is 3.92. The zero-order valence-corrected chi connectivity index (χ0v) is 37.1. The van der Waals surface area contributed by atoms with E-state index < -0.39 is 35.0 Å². The summed E-state index contributed by atoms with van der Waals surface area (Å²) in [5.41, 5.74) is 1.37. The molecule has 2 aliphatic heterocycles. The van der Waals surface area contributed by atoms with Crippen molar-refractivity contribution in [2.75, 3.05) is 67.2 Å². The molecule has 6 rings (SSSR count). The number of benzene rings is 3. The van der Waals surface area contributed by atoms with E-state index in [1.807, 2.05) is 90.1 Å². The molecule has 15 nitrogen and oxygen atoms in total. The molecule has 63 heavy (non-hydrogen) atoms. The van der Waals surface area contributed by atoms with Gasteiger partial charge in [0.1, 0.15) is 41.2 Å². The van der Waals surface area contributed by atoms with Crippen LogP contribution in [0.5, 0.6) is 5.75 Å². The molecule has 17 heteroatoms. The first kappa shape index (κ1) is 46.7. The number of alkyl carbamates (subject to hydrolysis) is 1. The van der Waals surface area contributed by atoms with Crippen LogP contribution < -0.4 is 30.1 Å². The first-order valence-electron chi connectivity index (χ1n) is 21.6. The highest BCUT2D eigenvalue weighted by atomic mass is 19.1. The number of halogens is 2. The van der Waals surface area contributed by atoms with Crippen molar-refractivity contribution >= 4 is 35.5 Å². The maximum Gasteiger partial charge on any atom is 0.407 e. The highest BCUT2D eigenvalue weighted by molar-refractivity contribution is 6.06. The van der Waals surface area contributed by atoms with Crippen LogP contribution in [0.3, 0.4) is 0 Å². The van der Waals surface area contributed by atoms with Crippen molar-refractivity contribution in [2.24, 2.45) is 11.8 Å². The molecule has 4 aromatic rings. The number of amides is 3. The normalized spacial score (nSPS) is 18.8. The lowest BCUT2D eigenvalue weighted by atomic mass is 9.87. The minimum absolute atomic E-state index is 0.0315. The second kappa shape index (κ2) is 21.0. The van der Waals surface area contributed by atoms with E-state index in [9.17, 15) is 14.0 Å². The Morgan fingerprint density at radius 1 is 1.00 bits per heavy atom. The highest BCUT2D eigenvalue weighted by Gasteiger charge is 2.45. The fraction of sp³-hybridized carbons (Fsp3) is 0.500. The van der Waals surface area contributed by atoms with Crippen molar-refractivity contribution in [1.82, 2.24) is 25.4 Å². The molecule has 4 atom stereocenters. The van der Waals surface area contributed by atoms with E-state index in [1.165, 1.54) is 23.4 Å². The lowest BCUT2D eigenvalue weighted by Gasteiger charge is -2.37. The predicted octanol–water partition coefficient (Wildman–Crippen LogP) is 7.36. The molecule has 4 unspecified atom stereocenters. The molecule has 3 heterocycles. The average molecular weight is 874 g/mol. The Labute approximate surface area is 368 Å². The van der Waals surface area contributed by atoms with Crippen LogP contribution in [0.2, 0.25) is 0 Å². The van der Waals surface area contributed by atoms with E-state index >= 15 is 4.39 Å². The van der Waals surface area contributed by atoms with Crippen molar-refractivity contribution in [1.29, 1.82) is 5.41 Å². The molecule has 0 spiro atoms. The van der Waals surface area contributed by atoms with Crippen molar-refractivity contribution < 1.29 is 37.3 Å². The van der Waals surface area contributed by atoms with Crippen LogP contribution in [0, 0.1) is 28.9 Å². The number of hydrogen-bond donors (Lipinski definition) is 3. The summed E-state index contributed by atoms with van der Waals surface area (Å²) in [5, 5.41) is 18.0. The largest absolute Gasteiger partial charge is 0.493 e. The molecular formula is C46H61F2N9O6. The van der Waals surface area contributed by atoms with Gasteiger partial charge in [-0.05, 0) is 101 Å². The van der Waals surface area contributed by atoms with Crippen LogP contribution in [0.25, 0.3) is 0 Å². The quantitative estimate of drug-likeness (QED) is 0.0524. The zero-order valence-electron chi connectivity index (χ0n) is 37.1. The third-order valence-corrected chi connectivity index (χ3v) is 11.2. The molecule has 0 saturated carbocycles. The van der Waals surface area contributed by atoms with Gasteiger partial charge < -0.3 is 39.4 Å². The van der Waals surface area contributed by atoms with E-state index in [0.717, 1.165) is 55.7 Å². The van der Waals surface area contributed by atoms with Gasteiger partial charge in [-0.1, -0.05) is 19.9 Å². The Morgan fingerprint density at radius 2 is 1.67 bits per heavy atom. The lowest BCUT2D eigenvalue weighted by Crippen LogP contribution is -2.51. The van der Waals surface area contributed by atoms with E-state index in [2.05, 4.69) is 30.5 Å². The number of urea groups is 1. The standard InChI is InChI=1S/C46H61F2N9O6/c1-32(2)42(33(3)60-23-7-18-51-44(59)63-45(4,5)6)53-43(58)57(29-49)38-11-9-36(10-12-38)54-19-21-55(22-20-54)37-13-15-39(16-14-37)61-26-34-25-46(62-27-34,28-56-31-50-30-52-56)40-17-8-35(47)24-41(40)48/h8-17,24,29-34,42,49H,7,18-23,25-28H2,1-6H3,(H,51,59)(H,53,58). The Kier molecular flexibility index (Phi) is 15.6. The summed E-state index contributed by atoms with van der Waals surface area (Å²) >= 11 is 0. The van der Waals surface area contributed by atoms with Gasteiger partial charge in [0.25, 0.3) is 0 Å². The van der Waals surface area contributed by atoms with Gasteiger partial charge in [-0.2, -0.15) is 5.10 Å². The topological polar surface area (TPSA) is 159 Å². The minimum atomic E-state index is -1.04. The van der Waals surface area contributed by atoms with Crippen LogP contribution in [0.15, 0.2) is 79.4 Å². The number of piperazine rings is 1. The van der Waals surface area contributed by atoms with Gasteiger partial charge >= 0.3 is 12.1 Å². The second-order valence-electron chi connectivity index (χ2n) is 17.5. The smallest absolute Gasteiger partial charge is 0.407 e. The minimum Gasteiger partial charge on any atom is -0.493 e. The van der Waals surface area contributed by atoms with Gasteiger partial charge in [-0.15, -0.1) is 0 Å². The number of anilines is 3. The van der Waals surface area contributed by atoms with Gasteiger partial charge in [0, 0.05) is 68.3 Å². The number of hydrogen-bond acceptors (Lipinski definition) is 11. The summed E-state index contributed by atoms with van der Waals surface area (Å²) in [5.74, 6) is -0.557. The lowest BCUT2D eigenvalue weighted by molar-refractivity contribution is -0.0206.